The average Bonchev–Trinajstić information content (AvgIpc) is 3.04. The largest absolute Gasteiger partial charge is 0.508 e. The molecule has 0 bridgehead atoms. The molecule has 182 valence electrons. The van der Waals surface area contributed by atoms with Gasteiger partial charge >= 0.3 is 0 Å². The third kappa shape index (κ3) is 5.34. The molecule has 1 amide bonds. The number of carbonyl (C=O) groups excluding carboxylic acids is 2. The monoisotopic (exact) mass is 469 g/mol. The molecule has 2 aromatic rings. The van der Waals surface area contributed by atoms with Crippen LogP contribution < -0.4 is 9.47 Å². The van der Waals surface area contributed by atoms with Crippen molar-refractivity contribution in [3.05, 3.63) is 59.2 Å². The number of Topliss-reactive ketones (excluding diaryl/α,β-unsaturated/α-hetero) is 1. The standard InChI is InChI=1S/C26H31NO7/c1-5-32-19-10-11-20(21(15-19)33-6-2)24(29)22-23(17-8-7-9-18(28)14-17)27(26(31)25(22)30)12-13-34-16(3)4/h7-11,14-16,23,28-29H,5-6,12-13H2,1-4H3/b24-22-. The maximum Gasteiger partial charge on any atom is 0.295 e. The Morgan fingerprint density at radius 2 is 1.79 bits per heavy atom. The Bertz CT molecular complexity index is 1080. The Kier molecular flexibility index (Phi) is 8.17. The number of ketones is 1. The van der Waals surface area contributed by atoms with Gasteiger partial charge in [0.1, 0.15) is 23.0 Å². The second-order valence-corrected chi connectivity index (χ2v) is 8.03. The molecule has 1 aliphatic heterocycles. The first-order chi connectivity index (χ1) is 16.3. The summed E-state index contributed by atoms with van der Waals surface area (Å²) in [5.74, 6) is -1.05. The van der Waals surface area contributed by atoms with Gasteiger partial charge in [-0.15, -0.1) is 0 Å². The molecule has 1 fully saturated rings. The van der Waals surface area contributed by atoms with E-state index in [0.717, 1.165) is 0 Å². The zero-order chi connectivity index (χ0) is 24.8. The van der Waals surface area contributed by atoms with Gasteiger partial charge in [-0.2, -0.15) is 0 Å². The molecule has 1 unspecified atom stereocenters. The van der Waals surface area contributed by atoms with Crippen LogP contribution in [0.4, 0.5) is 0 Å². The molecule has 34 heavy (non-hydrogen) atoms. The molecule has 0 saturated carbocycles. The van der Waals surface area contributed by atoms with Crippen molar-refractivity contribution in [1.29, 1.82) is 0 Å². The molecule has 1 heterocycles. The van der Waals surface area contributed by atoms with E-state index in [4.69, 9.17) is 14.2 Å². The summed E-state index contributed by atoms with van der Waals surface area (Å²) < 4.78 is 16.8. The number of benzene rings is 2. The topological polar surface area (TPSA) is 106 Å². The second kappa shape index (κ2) is 11.1. The lowest BCUT2D eigenvalue weighted by atomic mass is 9.95. The molecule has 0 aliphatic carbocycles. The lowest BCUT2D eigenvalue weighted by Gasteiger charge is -2.26. The number of aromatic hydroxyl groups is 1. The smallest absolute Gasteiger partial charge is 0.295 e. The van der Waals surface area contributed by atoms with Crippen molar-refractivity contribution in [3.63, 3.8) is 0 Å². The molecule has 1 saturated heterocycles. The summed E-state index contributed by atoms with van der Waals surface area (Å²) in [5, 5.41) is 21.4. The molecular formula is C26H31NO7. The summed E-state index contributed by atoms with van der Waals surface area (Å²) >= 11 is 0. The van der Waals surface area contributed by atoms with Gasteiger partial charge in [0, 0.05) is 12.6 Å². The summed E-state index contributed by atoms with van der Waals surface area (Å²) in [4.78, 5) is 27.5. The number of aliphatic hydroxyl groups is 1. The van der Waals surface area contributed by atoms with E-state index in [9.17, 15) is 19.8 Å². The fraction of sp³-hybridized carbons (Fsp3) is 0.385. The van der Waals surface area contributed by atoms with Gasteiger partial charge < -0.3 is 29.3 Å². The second-order valence-electron chi connectivity index (χ2n) is 8.03. The van der Waals surface area contributed by atoms with Crippen molar-refractivity contribution in [1.82, 2.24) is 4.90 Å². The number of hydrogen-bond donors (Lipinski definition) is 2. The lowest BCUT2D eigenvalue weighted by Crippen LogP contribution is -2.33. The minimum Gasteiger partial charge on any atom is -0.508 e. The van der Waals surface area contributed by atoms with Crippen molar-refractivity contribution in [2.45, 2.75) is 39.8 Å². The molecule has 0 radical (unpaired) electrons. The summed E-state index contributed by atoms with van der Waals surface area (Å²) in [6.07, 6.45) is -0.0475. The highest BCUT2D eigenvalue weighted by molar-refractivity contribution is 6.46. The normalized spacial score (nSPS) is 17.4. The predicted octanol–water partition coefficient (Wildman–Crippen LogP) is 4.04. The highest BCUT2D eigenvalue weighted by Gasteiger charge is 2.46. The Labute approximate surface area is 199 Å². The van der Waals surface area contributed by atoms with Crippen molar-refractivity contribution in [2.75, 3.05) is 26.4 Å². The summed E-state index contributed by atoms with van der Waals surface area (Å²) in [7, 11) is 0. The fourth-order valence-corrected chi connectivity index (χ4v) is 3.91. The van der Waals surface area contributed by atoms with Crippen LogP contribution in [0.15, 0.2) is 48.0 Å². The molecule has 8 heteroatoms. The highest BCUT2D eigenvalue weighted by Crippen LogP contribution is 2.42. The number of rotatable bonds is 10. The van der Waals surface area contributed by atoms with E-state index in [1.54, 1.807) is 37.3 Å². The molecule has 1 aliphatic rings. The van der Waals surface area contributed by atoms with Crippen LogP contribution in [-0.4, -0.2) is 59.3 Å². The molecule has 1 atom stereocenters. The summed E-state index contributed by atoms with van der Waals surface area (Å²) in [6, 6.07) is 10.3. The number of carbonyl (C=O) groups is 2. The fourth-order valence-electron chi connectivity index (χ4n) is 3.91. The maximum atomic E-state index is 13.2. The first-order valence-electron chi connectivity index (χ1n) is 11.4. The Morgan fingerprint density at radius 1 is 1.06 bits per heavy atom. The zero-order valence-corrected chi connectivity index (χ0v) is 19.9. The first kappa shape index (κ1) is 25.1. The molecule has 2 aromatic carbocycles. The van der Waals surface area contributed by atoms with E-state index in [1.807, 2.05) is 20.8 Å². The Morgan fingerprint density at radius 3 is 2.44 bits per heavy atom. The van der Waals surface area contributed by atoms with Crippen LogP contribution in [0.1, 0.15) is 44.9 Å². The molecular weight excluding hydrogens is 438 g/mol. The van der Waals surface area contributed by atoms with Gasteiger partial charge in [-0.1, -0.05) is 12.1 Å². The number of hydrogen-bond acceptors (Lipinski definition) is 7. The maximum absolute atomic E-state index is 13.2. The van der Waals surface area contributed by atoms with E-state index in [1.165, 1.54) is 17.0 Å². The summed E-state index contributed by atoms with van der Waals surface area (Å²) in [6.45, 7) is 8.55. The molecule has 8 nitrogen and oxygen atoms in total. The Hall–Kier alpha value is -3.52. The van der Waals surface area contributed by atoms with Crippen molar-refractivity contribution in [2.24, 2.45) is 0 Å². The van der Waals surface area contributed by atoms with Gasteiger partial charge in [-0.05, 0) is 57.5 Å². The van der Waals surface area contributed by atoms with Crippen LogP contribution >= 0.6 is 0 Å². The van der Waals surface area contributed by atoms with Crippen LogP contribution in [0.3, 0.4) is 0 Å². The highest BCUT2D eigenvalue weighted by atomic mass is 16.5. The van der Waals surface area contributed by atoms with Gasteiger partial charge in [0.25, 0.3) is 11.7 Å². The number of phenols is 1. The van der Waals surface area contributed by atoms with Crippen LogP contribution in [0.25, 0.3) is 5.76 Å². The number of amides is 1. The summed E-state index contributed by atoms with van der Waals surface area (Å²) in [5.41, 5.74) is 0.686. The minimum absolute atomic E-state index is 0.0161. The zero-order valence-electron chi connectivity index (χ0n) is 19.9. The number of phenolic OH excluding ortho intramolecular Hbond substituents is 1. The van der Waals surface area contributed by atoms with Gasteiger partial charge in [0.2, 0.25) is 0 Å². The van der Waals surface area contributed by atoms with Gasteiger partial charge in [-0.25, -0.2) is 0 Å². The van der Waals surface area contributed by atoms with E-state index in [2.05, 4.69) is 0 Å². The number of likely N-dealkylation sites (tertiary alicyclic amines) is 1. The first-order valence-corrected chi connectivity index (χ1v) is 11.4. The molecule has 0 aromatic heterocycles. The van der Waals surface area contributed by atoms with Crippen molar-refractivity contribution >= 4 is 17.4 Å². The van der Waals surface area contributed by atoms with Crippen molar-refractivity contribution < 1.29 is 34.0 Å². The Balaban J connectivity index is 2.14. The third-order valence-electron chi connectivity index (χ3n) is 5.33. The van der Waals surface area contributed by atoms with Crippen molar-refractivity contribution in [3.8, 4) is 17.2 Å². The number of nitrogens with zero attached hydrogens (tertiary/aromatic N) is 1. The quantitative estimate of drug-likeness (QED) is 0.307. The van der Waals surface area contributed by atoms with E-state index in [-0.39, 0.29) is 41.9 Å². The molecule has 3 rings (SSSR count). The average molecular weight is 470 g/mol. The van der Waals surface area contributed by atoms with Crippen LogP contribution in [0.2, 0.25) is 0 Å². The molecule has 0 spiro atoms. The minimum atomic E-state index is -0.899. The van der Waals surface area contributed by atoms with Crippen LogP contribution in [0.5, 0.6) is 17.2 Å². The third-order valence-corrected chi connectivity index (χ3v) is 5.33. The SMILES string of the molecule is CCOc1ccc(/C(O)=C2/C(=O)C(=O)N(CCOC(C)C)C2c2cccc(O)c2)c(OCC)c1. The van der Waals surface area contributed by atoms with E-state index in [0.29, 0.717) is 30.3 Å². The van der Waals surface area contributed by atoms with Gasteiger partial charge in [0.15, 0.2) is 0 Å². The molecule has 2 N–H and O–H groups in total. The number of ether oxygens (including phenoxy) is 3. The van der Waals surface area contributed by atoms with Crippen LogP contribution in [-0.2, 0) is 14.3 Å². The van der Waals surface area contributed by atoms with E-state index >= 15 is 0 Å². The van der Waals surface area contributed by atoms with Gasteiger partial charge in [0.05, 0.1) is 43.1 Å². The number of aliphatic hydroxyl groups excluding tert-OH is 1. The van der Waals surface area contributed by atoms with Crippen LogP contribution in [0, 0.1) is 0 Å². The van der Waals surface area contributed by atoms with Gasteiger partial charge in [-0.3, -0.25) is 9.59 Å². The van der Waals surface area contributed by atoms with E-state index < -0.39 is 17.7 Å². The lowest BCUT2D eigenvalue weighted by molar-refractivity contribution is -0.140. The predicted molar refractivity (Wildman–Crippen MR) is 127 cm³/mol.